The first-order chi connectivity index (χ1) is 9.11. The molecule has 2 rings (SSSR count). The van der Waals surface area contributed by atoms with Crippen LogP contribution in [-0.4, -0.2) is 28.4 Å². The highest BCUT2D eigenvalue weighted by molar-refractivity contribution is 6.01. The van der Waals surface area contributed by atoms with E-state index in [-0.39, 0.29) is 31.2 Å². The second-order valence-electron chi connectivity index (χ2n) is 4.91. The predicted molar refractivity (Wildman–Crippen MR) is 71.4 cm³/mol. The van der Waals surface area contributed by atoms with Gasteiger partial charge in [0.05, 0.1) is 12.6 Å². The minimum Gasteiger partial charge on any atom is -0.387 e. The zero-order valence-corrected chi connectivity index (χ0v) is 11.1. The highest BCUT2D eigenvalue weighted by Crippen LogP contribution is 2.20. The summed E-state index contributed by atoms with van der Waals surface area (Å²) in [5.41, 5.74) is 1.97. The van der Waals surface area contributed by atoms with E-state index in [4.69, 9.17) is 0 Å². The number of aliphatic hydroxyl groups is 1. The van der Waals surface area contributed by atoms with Gasteiger partial charge in [0.25, 0.3) is 0 Å². The van der Waals surface area contributed by atoms with Crippen molar-refractivity contribution >= 4 is 11.8 Å². The van der Waals surface area contributed by atoms with Crippen molar-refractivity contribution in [3.05, 3.63) is 35.4 Å². The van der Waals surface area contributed by atoms with E-state index in [1.165, 1.54) is 5.56 Å². The van der Waals surface area contributed by atoms with Gasteiger partial charge in [0, 0.05) is 12.8 Å². The van der Waals surface area contributed by atoms with Gasteiger partial charge < -0.3 is 5.11 Å². The maximum Gasteiger partial charge on any atom is 0.229 e. The molecule has 4 nitrogen and oxygen atoms in total. The van der Waals surface area contributed by atoms with Gasteiger partial charge in [-0.3, -0.25) is 14.5 Å². The van der Waals surface area contributed by atoms with Crippen LogP contribution in [0.4, 0.5) is 0 Å². The van der Waals surface area contributed by atoms with E-state index in [9.17, 15) is 14.7 Å². The third kappa shape index (κ3) is 3.20. The Hall–Kier alpha value is -1.68. The van der Waals surface area contributed by atoms with Crippen LogP contribution in [0.3, 0.4) is 0 Å². The first-order valence-electron chi connectivity index (χ1n) is 6.72. The Balaban J connectivity index is 2.01. The van der Waals surface area contributed by atoms with Crippen molar-refractivity contribution in [2.45, 2.75) is 38.7 Å². The standard InChI is InChI=1S/C15H19NO3/c1-2-3-11-4-6-12(7-5-11)13(17)10-16-14(18)8-9-15(16)19/h4-7,13,17H,2-3,8-10H2,1H3. The maximum atomic E-state index is 11.5. The average Bonchev–Trinajstić information content (AvgIpc) is 2.72. The fourth-order valence-corrected chi connectivity index (χ4v) is 2.30. The molecule has 0 spiro atoms. The molecule has 2 amide bonds. The average molecular weight is 261 g/mol. The van der Waals surface area contributed by atoms with Crippen molar-refractivity contribution in [3.63, 3.8) is 0 Å². The molecule has 102 valence electrons. The van der Waals surface area contributed by atoms with E-state index in [1.54, 1.807) is 0 Å². The molecule has 0 saturated carbocycles. The molecular formula is C15H19NO3. The molecule has 0 aromatic heterocycles. The van der Waals surface area contributed by atoms with Crippen LogP contribution in [0.1, 0.15) is 43.4 Å². The first kappa shape index (κ1) is 13.7. The quantitative estimate of drug-likeness (QED) is 0.823. The lowest BCUT2D eigenvalue weighted by Crippen LogP contribution is -2.33. The number of imide groups is 1. The minimum atomic E-state index is -0.804. The van der Waals surface area contributed by atoms with Crippen molar-refractivity contribution in [2.24, 2.45) is 0 Å². The number of aryl methyl sites for hydroxylation is 1. The monoisotopic (exact) mass is 261 g/mol. The van der Waals surface area contributed by atoms with Gasteiger partial charge in [-0.25, -0.2) is 0 Å². The van der Waals surface area contributed by atoms with Gasteiger partial charge in [0.2, 0.25) is 11.8 Å². The molecule has 0 aliphatic carbocycles. The first-order valence-corrected chi connectivity index (χ1v) is 6.72. The number of nitrogens with zero attached hydrogens (tertiary/aromatic N) is 1. The van der Waals surface area contributed by atoms with Crippen molar-refractivity contribution < 1.29 is 14.7 Å². The summed E-state index contributed by atoms with van der Waals surface area (Å²) in [4.78, 5) is 24.1. The lowest BCUT2D eigenvalue weighted by molar-refractivity contribution is -0.140. The molecule has 1 aromatic rings. The number of carbonyl (C=O) groups excluding carboxylic acids is 2. The second kappa shape index (κ2) is 5.97. The number of likely N-dealkylation sites (tertiary alicyclic amines) is 1. The van der Waals surface area contributed by atoms with Crippen molar-refractivity contribution in [1.29, 1.82) is 0 Å². The third-order valence-electron chi connectivity index (χ3n) is 3.41. The molecule has 1 aliphatic rings. The van der Waals surface area contributed by atoms with E-state index in [0.717, 1.165) is 23.3 Å². The Morgan fingerprint density at radius 1 is 1.16 bits per heavy atom. The molecule has 0 bridgehead atoms. The van der Waals surface area contributed by atoms with Gasteiger partial charge in [-0.05, 0) is 17.5 Å². The summed E-state index contributed by atoms with van der Waals surface area (Å²) in [5.74, 6) is -0.377. The number of hydrogen-bond donors (Lipinski definition) is 1. The molecule has 1 unspecified atom stereocenters. The van der Waals surface area contributed by atoms with Crippen LogP contribution < -0.4 is 0 Å². The molecular weight excluding hydrogens is 242 g/mol. The highest BCUT2D eigenvalue weighted by atomic mass is 16.3. The third-order valence-corrected chi connectivity index (χ3v) is 3.41. The van der Waals surface area contributed by atoms with Crippen LogP contribution >= 0.6 is 0 Å². The normalized spacial score (nSPS) is 17.1. The summed E-state index contributed by atoms with van der Waals surface area (Å²) < 4.78 is 0. The summed E-state index contributed by atoms with van der Waals surface area (Å²) in [6.45, 7) is 2.18. The van der Waals surface area contributed by atoms with Crippen molar-refractivity contribution in [1.82, 2.24) is 4.90 Å². The van der Waals surface area contributed by atoms with Crippen LogP contribution in [0.5, 0.6) is 0 Å². The molecule has 19 heavy (non-hydrogen) atoms. The zero-order chi connectivity index (χ0) is 13.8. The highest BCUT2D eigenvalue weighted by Gasteiger charge is 2.30. The molecule has 1 aromatic carbocycles. The fourth-order valence-electron chi connectivity index (χ4n) is 2.30. The predicted octanol–water partition coefficient (Wildman–Crippen LogP) is 1.82. The number of β-amino-alcohol motifs (C(OH)–C–C–N with tert-alkyl or cyclic N) is 1. The number of amides is 2. The van der Waals surface area contributed by atoms with Crippen LogP contribution in [0, 0.1) is 0 Å². The van der Waals surface area contributed by atoms with Gasteiger partial charge in [0.15, 0.2) is 0 Å². The lowest BCUT2D eigenvalue weighted by Gasteiger charge is -2.18. The number of hydrogen-bond acceptors (Lipinski definition) is 3. The van der Waals surface area contributed by atoms with Gasteiger partial charge in [-0.15, -0.1) is 0 Å². The zero-order valence-electron chi connectivity index (χ0n) is 11.1. The minimum absolute atomic E-state index is 0.0603. The smallest absolute Gasteiger partial charge is 0.229 e. The molecule has 1 saturated heterocycles. The topological polar surface area (TPSA) is 57.6 Å². The van der Waals surface area contributed by atoms with Crippen LogP contribution in [0.2, 0.25) is 0 Å². The SMILES string of the molecule is CCCc1ccc(C(O)CN2C(=O)CCC2=O)cc1. The van der Waals surface area contributed by atoms with Gasteiger partial charge in [-0.1, -0.05) is 37.6 Å². The summed E-state index contributed by atoms with van der Waals surface area (Å²) in [5, 5.41) is 10.1. The van der Waals surface area contributed by atoms with E-state index in [1.807, 2.05) is 24.3 Å². The largest absolute Gasteiger partial charge is 0.387 e. The Labute approximate surface area is 113 Å². The van der Waals surface area contributed by atoms with Gasteiger partial charge in [0.1, 0.15) is 0 Å². The van der Waals surface area contributed by atoms with Crippen LogP contribution in [0.15, 0.2) is 24.3 Å². The summed E-state index contributed by atoms with van der Waals surface area (Å²) in [6, 6.07) is 7.69. The number of aliphatic hydroxyl groups excluding tert-OH is 1. The number of benzene rings is 1. The van der Waals surface area contributed by atoms with Crippen LogP contribution in [-0.2, 0) is 16.0 Å². The number of carbonyl (C=O) groups is 2. The molecule has 1 heterocycles. The van der Waals surface area contributed by atoms with Crippen molar-refractivity contribution in [2.75, 3.05) is 6.54 Å². The molecule has 1 aliphatic heterocycles. The Morgan fingerprint density at radius 2 is 1.74 bits per heavy atom. The second-order valence-corrected chi connectivity index (χ2v) is 4.91. The fraction of sp³-hybridized carbons (Fsp3) is 0.467. The summed E-state index contributed by atoms with van der Waals surface area (Å²) in [7, 11) is 0. The summed E-state index contributed by atoms with van der Waals surface area (Å²) in [6.07, 6.45) is 1.82. The molecule has 1 N–H and O–H groups in total. The molecule has 1 fully saturated rings. The molecule has 4 heteroatoms. The van der Waals surface area contributed by atoms with Crippen LogP contribution in [0.25, 0.3) is 0 Å². The molecule has 0 radical (unpaired) electrons. The van der Waals surface area contributed by atoms with Crippen molar-refractivity contribution in [3.8, 4) is 0 Å². The Morgan fingerprint density at radius 3 is 2.26 bits per heavy atom. The summed E-state index contributed by atoms with van der Waals surface area (Å²) >= 11 is 0. The van der Waals surface area contributed by atoms with Gasteiger partial charge in [-0.2, -0.15) is 0 Å². The van der Waals surface area contributed by atoms with E-state index >= 15 is 0 Å². The Kier molecular flexibility index (Phi) is 4.32. The lowest BCUT2D eigenvalue weighted by atomic mass is 10.0. The van der Waals surface area contributed by atoms with E-state index in [0.29, 0.717) is 0 Å². The van der Waals surface area contributed by atoms with E-state index < -0.39 is 6.10 Å². The maximum absolute atomic E-state index is 11.5. The molecule has 1 atom stereocenters. The van der Waals surface area contributed by atoms with E-state index in [2.05, 4.69) is 6.92 Å². The number of rotatable bonds is 5. The van der Waals surface area contributed by atoms with Gasteiger partial charge >= 0.3 is 0 Å². The Bertz CT molecular complexity index is 451.